The van der Waals surface area contributed by atoms with Gasteiger partial charge >= 0.3 is 0 Å². The van der Waals surface area contributed by atoms with Gasteiger partial charge in [-0.15, -0.1) is 10.2 Å². The molecule has 0 radical (unpaired) electrons. The Balaban J connectivity index is 1.70. The van der Waals surface area contributed by atoms with Crippen molar-refractivity contribution in [3.05, 3.63) is 54.2 Å². The number of hydrogen-bond donors (Lipinski definition) is 1. The van der Waals surface area contributed by atoms with E-state index < -0.39 is 0 Å². The highest BCUT2D eigenvalue weighted by Crippen LogP contribution is 2.21. The second-order valence-corrected chi connectivity index (χ2v) is 5.78. The summed E-state index contributed by atoms with van der Waals surface area (Å²) in [6.07, 6.45) is 5.38. The Bertz CT molecular complexity index is 967. The van der Waals surface area contributed by atoms with E-state index in [0.717, 1.165) is 22.5 Å². The highest BCUT2D eigenvalue weighted by molar-refractivity contribution is 5.67. The number of hydrogen-bond acceptors (Lipinski definition) is 5. The third-order valence-electron chi connectivity index (χ3n) is 3.87. The molecule has 0 saturated carbocycles. The van der Waals surface area contributed by atoms with Gasteiger partial charge in [0, 0.05) is 18.9 Å². The van der Waals surface area contributed by atoms with Gasteiger partial charge in [0.05, 0.1) is 16.9 Å². The van der Waals surface area contributed by atoms with Gasteiger partial charge in [0.25, 0.3) is 0 Å². The first-order valence-electron chi connectivity index (χ1n) is 7.58. The highest BCUT2D eigenvalue weighted by atomic mass is 15.3. The largest absolute Gasteiger partial charge is 0.378 e. The first-order chi connectivity index (χ1) is 11.2. The van der Waals surface area contributed by atoms with E-state index in [1.54, 1.807) is 17.0 Å². The fourth-order valence-corrected chi connectivity index (χ4v) is 2.61. The second kappa shape index (κ2) is 5.35. The molecule has 0 aliphatic heterocycles. The van der Waals surface area contributed by atoms with Gasteiger partial charge in [-0.05, 0) is 29.7 Å². The van der Waals surface area contributed by atoms with E-state index >= 15 is 0 Å². The van der Waals surface area contributed by atoms with Crippen molar-refractivity contribution in [3.8, 4) is 0 Å². The van der Waals surface area contributed by atoms with Gasteiger partial charge in [0.2, 0.25) is 5.65 Å². The smallest absolute Gasteiger partial charge is 0.200 e. The van der Waals surface area contributed by atoms with Crippen molar-refractivity contribution in [2.75, 3.05) is 5.32 Å². The molecule has 7 nitrogen and oxygen atoms in total. The molecule has 4 aromatic rings. The Morgan fingerprint density at radius 1 is 1.22 bits per heavy atom. The van der Waals surface area contributed by atoms with Crippen molar-refractivity contribution in [2.24, 2.45) is 0 Å². The normalized spacial score (nSPS) is 11.6. The maximum Gasteiger partial charge on any atom is 0.200 e. The van der Waals surface area contributed by atoms with Crippen LogP contribution in [0.15, 0.2) is 43.0 Å². The molecule has 4 aromatic heterocycles. The van der Waals surface area contributed by atoms with E-state index in [1.165, 1.54) is 5.56 Å². The number of fused-ring (bicyclic) bond motifs is 2. The van der Waals surface area contributed by atoms with Crippen molar-refractivity contribution in [1.82, 2.24) is 29.4 Å². The van der Waals surface area contributed by atoms with Gasteiger partial charge < -0.3 is 5.32 Å². The zero-order chi connectivity index (χ0) is 15.8. The molecule has 4 heterocycles. The standard InChI is InChI=1S/C16H17N7/c1-11(2)13-8-14(16-20-18-10-23(16)21-13)17-9-12-4-3-7-22-15(12)5-6-19-22/h3-8,10-11,17H,9H2,1-2H3. The van der Waals surface area contributed by atoms with E-state index in [9.17, 15) is 0 Å². The third kappa shape index (κ3) is 2.40. The third-order valence-corrected chi connectivity index (χ3v) is 3.87. The number of nitrogens with zero attached hydrogens (tertiary/aromatic N) is 6. The minimum Gasteiger partial charge on any atom is -0.378 e. The fourth-order valence-electron chi connectivity index (χ4n) is 2.61. The topological polar surface area (TPSA) is 72.4 Å². The molecule has 116 valence electrons. The number of nitrogens with one attached hydrogen (secondary N) is 1. The Hall–Kier alpha value is -2.96. The van der Waals surface area contributed by atoms with Gasteiger partial charge in [-0.25, -0.2) is 4.52 Å². The van der Waals surface area contributed by atoms with Crippen LogP contribution in [0.3, 0.4) is 0 Å². The summed E-state index contributed by atoms with van der Waals surface area (Å²) in [4.78, 5) is 0. The fraction of sp³-hybridized carbons (Fsp3) is 0.250. The summed E-state index contributed by atoms with van der Waals surface area (Å²) in [5.74, 6) is 0.334. The van der Waals surface area contributed by atoms with Crippen molar-refractivity contribution in [3.63, 3.8) is 0 Å². The summed E-state index contributed by atoms with van der Waals surface area (Å²) in [6, 6.07) is 8.15. The second-order valence-electron chi connectivity index (χ2n) is 5.78. The molecule has 0 saturated heterocycles. The molecule has 0 unspecified atom stereocenters. The SMILES string of the molecule is CC(C)c1cc(NCc2cccn3nccc23)c2nncn2n1. The first-order valence-corrected chi connectivity index (χ1v) is 7.58. The van der Waals surface area contributed by atoms with Crippen LogP contribution in [0.5, 0.6) is 0 Å². The zero-order valence-corrected chi connectivity index (χ0v) is 13.0. The van der Waals surface area contributed by atoms with Crippen LogP contribution < -0.4 is 5.32 Å². The maximum absolute atomic E-state index is 4.53. The van der Waals surface area contributed by atoms with Crippen LogP contribution in [0.1, 0.15) is 31.0 Å². The Labute approximate surface area is 133 Å². The summed E-state index contributed by atoms with van der Waals surface area (Å²) in [6.45, 7) is 4.92. The van der Waals surface area contributed by atoms with E-state index in [0.29, 0.717) is 12.5 Å². The molecular formula is C16H17N7. The molecule has 4 rings (SSSR count). The molecule has 23 heavy (non-hydrogen) atoms. The predicted octanol–water partition coefficient (Wildman–Crippen LogP) is 2.51. The van der Waals surface area contributed by atoms with Gasteiger partial charge in [-0.3, -0.25) is 0 Å². The van der Waals surface area contributed by atoms with Crippen molar-refractivity contribution >= 4 is 16.9 Å². The predicted molar refractivity (Wildman–Crippen MR) is 87.4 cm³/mol. The molecule has 0 aliphatic carbocycles. The minimum absolute atomic E-state index is 0.334. The van der Waals surface area contributed by atoms with Crippen molar-refractivity contribution in [2.45, 2.75) is 26.3 Å². The van der Waals surface area contributed by atoms with E-state index in [2.05, 4.69) is 45.6 Å². The zero-order valence-electron chi connectivity index (χ0n) is 13.0. The summed E-state index contributed by atoms with van der Waals surface area (Å²) >= 11 is 0. The van der Waals surface area contributed by atoms with Gasteiger partial charge in [0.1, 0.15) is 6.33 Å². The molecule has 0 bridgehead atoms. The lowest BCUT2D eigenvalue weighted by Crippen LogP contribution is -2.07. The molecule has 0 amide bonds. The molecule has 7 heteroatoms. The summed E-state index contributed by atoms with van der Waals surface area (Å²) in [5.41, 5.74) is 4.93. The number of anilines is 1. The van der Waals surface area contributed by atoms with Gasteiger partial charge in [-0.2, -0.15) is 14.7 Å². The first kappa shape index (κ1) is 13.7. The minimum atomic E-state index is 0.334. The highest BCUT2D eigenvalue weighted by Gasteiger charge is 2.11. The maximum atomic E-state index is 4.53. The molecular weight excluding hydrogens is 290 g/mol. The number of rotatable bonds is 4. The molecule has 0 aromatic carbocycles. The Morgan fingerprint density at radius 2 is 2.13 bits per heavy atom. The molecule has 1 N–H and O–H groups in total. The Morgan fingerprint density at radius 3 is 3.00 bits per heavy atom. The summed E-state index contributed by atoms with van der Waals surface area (Å²) < 4.78 is 3.59. The molecule has 0 aliphatic rings. The van der Waals surface area contributed by atoms with Crippen molar-refractivity contribution < 1.29 is 0 Å². The van der Waals surface area contributed by atoms with Crippen LogP contribution >= 0.6 is 0 Å². The van der Waals surface area contributed by atoms with E-state index in [1.807, 2.05) is 28.9 Å². The van der Waals surface area contributed by atoms with Crippen LogP contribution in [0, 0.1) is 0 Å². The van der Waals surface area contributed by atoms with Crippen LogP contribution in [-0.2, 0) is 6.54 Å². The quantitative estimate of drug-likeness (QED) is 0.627. The Kier molecular flexibility index (Phi) is 3.18. The monoisotopic (exact) mass is 307 g/mol. The number of aromatic nitrogens is 6. The molecule has 0 fully saturated rings. The summed E-state index contributed by atoms with van der Waals surface area (Å²) in [7, 11) is 0. The van der Waals surface area contributed by atoms with E-state index in [4.69, 9.17) is 0 Å². The van der Waals surface area contributed by atoms with E-state index in [-0.39, 0.29) is 0 Å². The lowest BCUT2D eigenvalue weighted by molar-refractivity contribution is 0.762. The van der Waals surface area contributed by atoms with Crippen molar-refractivity contribution in [1.29, 1.82) is 0 Å². The van der Waals surface area contributed by atoms with Crippen LogP contribution in [0.4, 0.5) is 5.69 Å². The molecule has 0 spiro atoms. The van der Waals surface area contributed by atoms with Gasteiger partial charge in [-0.1, -0.05) is 19.9 Å². The average molecular weight is 307 g/mol. The summed E-state index contributed by atoms with van der Waals surface area (Å²) in [5, 5.41) is 20.4. The van der Waals surface area contributed by atoms with Gasteiger partial charge in [0.15, 0.2) is 0 Å². The lowest BCUT2D eigenvalue weighted by Gasteiger charge is -2.11. The number of pyridine rings is 1. The average Bonchev–Trinajstić information content (AvgIpc) is 3.20. The van der Waals surface area contributed by atoms with Crippen LogP contribution in [-0.4, -0.2) is 29.4 Å². The van der Waals surface area contributed by atoms with Crippen LogP contribution in [0.25, 0.3) is 11.2 Å². The molecule has 0 atom stereocenters. The lowest BCUT2D eigenvalue weighted by atomic mass is 10.1. The van der Waals surface area contributed by atoms with Crippen LogP contribution in [0.2, 0.25) is 0 Å².